The molecule has 146 valence electrons. The van der Waals surface area contributed by atoms with Gasteiger partial charge in [-0.1, -0.05) is 24.3 Å². The molecular formula is C20H26N2O4S. The zero-order valence-corrected chi connectivity index (χ0v) is 16.8. The van der Waals surface area contributed by atoms with Gasteiger partial charge in [0, 0.05) is 25.8 Å². The first-order valence-corrected chi connectivity index (χ1v) is 10.6. The van der Waals surface area contributed by atoms with Crippen LogP contribution in [0.2, 0.25) is 0 Å². The Morgan fingerprint density at radius 2 is 1.89 bits per heavy atom. The summed E-state index contributed by atoms with van der Waals surface area (Å²) in [5.74, 6) is -0.151. The third-order valence-electron chi connectivity index (χ3n) is 3.98. The average molecular weight is 391 g/mol. The third kappa shape index (κ3) is 6.69. The molecule has 0 aromatic heterocycles. The topological polar surface area (TPSA) is 75.7 Å². The summed E-state index contributed by atoms with van der Waals surface area (Å²) < 4.78 is 30.7. The summed E-state index contributed by atoms with van der Waals surface area (Å²) in [6.45, 7) is 2.64. The van der Waals surface area contributed by atoms with E-state index in [1.54, 1.807) is 13.2 Å². The predicted molar refractivity (Wildman–Crippen MR) is 108 cm³/mol. The fourth-order valence-electron chi connectivity index (χ4n) is 2.78. The van der Waals surface area contributed by atoms with Crippen molar-refractivity contribution in [2.75, 3.05) is 29.5 Å². The molecule has 0 heterocycles. The Morgan fingerprint density at radius 1 is 1.15 bits per heavy atom. The molecule has 2 rings (SSSR count). The smallest absolute Gasteiger partial charge is 0.232 e. The molecule has 0 saturated carbocycles. The van der Waals surface area contributed by atoms with Gasteiger partial charge in [-0.05, 0) is 48.7 Å². The maximum Gasteiger partial charge on any atom is 0.232 e. The Morgan fingerprint density at radius 3 is 2.56 bits per heavy atom. The summed E-state index contributed by atoms with van der Waals surface area (Å²) in [6, 6.07) is 14.8. The minimum absolute atomic E-state index is 0.151. The van der Waals surface area contributed by atoms with Gasteiger partial charge < -0.3 is 10.1 Å². The second-order valence-electron chi connectivity index (χ2n) is 6.46. The van der Waals surface area contributed by atoms with Crippen LogP contribution in [0.25, 0.3) is 0 Å². The van der Waals surface area contributed by atoms with Crippen LogP contribution in [0.1, 0.15) is 24.0 Å². The first kappa shape index (κ1) is 20.9. The number of hydrogen-bond acceptors (Lipinski definition) is 4. The van der Waals surface area contributed by atoms with Crippen molar-refractivity contribution in [2.45, 2.75) is 26.4 Å². The van der Waals surface area contributed by atoms with Crippen LogP contribution in [0.5, 0.6) is 0 Å². The van der Waals surface area contributed by atoms with Crippen LogP contribution >= 0.6 is 0 Å². The lowest BCUT2D eigenvalue weighted by atomic mass is 10.2. The highest BCUT2D eigenvalue weighted by Crippen LogP contribution is 2.20. The van der Waals surface area contributed by atoms with Gasteiger partial charge in [-0.3, -0.25) is 9.10 Å². The van der Waals surface area contributed by atoms with Crippen molar-refractivity contribution in [2.24, 2.45) is 0 Å². The minimum Gasteiger partial charge on any atom is -0.380 e. The number of nitrogens with zero attached hydrogens (tertiary/aromatic N) is 1. The summed E-state index contributed by atoms with van der Waals surface area (Å²) in [7, 11) is -1.80. The zero-order valence-electron chi connectivity index (χ0n) is 15.9. The average Bonchev–Trinajstić information content (AvgIpc) is 2.58. The van der Waals surface area contributed by atoms with Gasteiger partial charge in [0.15, 0.2) is 0 Å². The van der Waals surface area contributed by atoms with E-state index in [1.165, 1.54) is 10.6 Å². The molecule has 6 nitrogen and oxygen atoms in total. The maximum absolute atomic E-state index is 12.2. The highest BCUT2D eigenvalue weighted by atomic mass is 32.2. The van der Waals surface area contributed by atoms with E-state index in [4.69, 9.17) is 4.74 Å². The van der Waals surface area contributed by atoms with Crippen LogP contribution in [-0.2, 0) is 26.2 Å². The molecule has 0 aliphatic rings. The Kier molecular flexibility index (Phi) is 7.38. The normalized spacial score (nSPS) is 11.2. The first-order valence-electron chi connectivity index (χ1n) is 8.71. The van der Waals surface area contributed by atoms with Gasteiger partial charge in [-0.25, -0.2) is 8.42 Å². The van der Waals surface area contributed by atoms with Gasteiger partial charge in [0.05, 0.1) is 18.6 Å². The van der Waals surface area contributed by atoms with E-state index < -0.39 is 10.0 Å². The molecule has 0 aliphatic carbocycles. The molecule has 0 saturated heterocycles. The van der Waals surface area contributed by atoms with Crippen molar-refractivity contribution >= 4 is 27.3 Å². The monoisotopic (exact) mass is 390 g/mol. The van der Waals surface area contributed by atoms with Crippen molar-refractivity contribution in [3.63, 3.8) is 0 Å². The van der Waals surface area contributed by atoms with E-state index in [2.05, 4.69) is 5.32 Å². The number of hydrogen-bond donors (Lipinski definition) is 1. The number of sulfonamides is 1. The molecule has 0 spiro atoms. The molecule has 1 amide bonds. The number of rotatable bonds is 9. The zero-order chi connectivity index (χ0) is 19.9. The van der Waals surface area contributed by atoms with E-state index in [0.717, 1.165) is 11.1 Å². The van der Waals surface area contributed by atoms with Gasteiger partial charge in [0.25, 0.3) is 0 Å². The molecular weight excluding hydrogens is 364 g/mol. The molecule has 0 atom stereocenters. The first-order chi connectivity index (χ1) is 12.8. The number of methoxy groups -OCH3 is 1. The van der Waals surface area contributed by atoms with E-state index in [0.29, 0.717) is 24.4 Å². The Hall–Kier alpha value is -2.38. The summed E-state index contributed by atoms with van der Waals surface area (Å²) in [5, 5.41) is 2.84. The van der Waals surface area contributed by atoms with E-state index >= 15 is 0 Å². The quantitative estimate of drug-likeness (QED) is 0.713. The van der Waals surface area contributed by atoms with Crippen molar-refractivity contribution < 1.29 is 17.9 Å². The number of amides is 1. The summed E-state index contributed by atoms with van der Waals surface area (Å²) >= 11 is 0. The molecule has 27 heavy (non-hydrogen) atoms. The number of anilines is 2. The van der Waals surface area contributed by atoms with Gasteiger partial charge in [0.1, 0.15) is 0 Å². The molecule has 2 aromatic carbocycles. The lowest BCUT2D eigenvalue weighted by Gasteiger charge is -2.22. The molecule has 0 fully saturated rings. The second-order valence-corrected chi connectivity index (χ2v) is 8.37. The number of carbonyl (C=O) groups is 1. The number of benzene rings is 2. The predicted octanol–water partition coefficient (Wildman–Crippen LogP) is 3.33. The fourth-order valence-corrected chi connectivity index (χ4v) is 3.74. The molecule has 0 bridgehead atoms. The third-order valence-corrected chi connectivity index (χ3v) is 5.17. The van der Waals surface area contributed by atoms with E-state index in [-0.39, 0.29) is 18.9 Å². The van der Waals surface area contributed by atoms with E-state index in [9.17, 15) is 13.2 Å². The Labute approximate surface area is 161 Å². The fraction of sp³-hybridized carbons (Fsp3) is 0.350. The van der Waals surface area contributed by atoms with Crippen LogP contribution in [0.3, 0.4) is 0 Å². The summed E-state index contributed by atoms with van der Waals surface area (Å²) in [6.07, 6.45) is 1.83. The molecule has 0 radical (unpaired) electrons. The van der Waals surface area contributed by atoms with Gasteiger partial charge >= 0.3 is 0 Å². The largest absolute Gasteiger partial charge is 0.380 e. The van der Waals surface area contributed by atoms with Gasteiger partial charge in [-0.2, -0.15) is 0 Å². The van der Waals surface area contributed by atoms with Gasteiger partial charge in [-0.15, -0.1) is 0 Å². The number of nitrogens with one attached hydrogen (secondary N) is 1. The van der Waals surface area contributed by atoms with Crippen molar-refractivity contribution in [1.82, 2.24) is 0 Å². The van der Waals surface area contributed by atoms with E-state index in [1.807, 2.05) is 49.4 Å². The standard InChI is InChI=1S/C20H26N2O4S/c1-16-7-4-10-19(13-16)22(27(3,24)25)12-6-11-20(23)21-18-9-5-8-17(14-18)15-26-2/h4-5,7-10,13-14H,6,11-12,15H2,1-3H3,(H,21,23). The van der Waals surface area contributed by atoms with Gasteiger partial charge in [0.2, 0.25) is 15.9 Å². The number of carbonyl (C=O) groups excluding carboxylic acids is 1. The highest BCUT2D eigenvalue weighted by molar-refractivity contribution is 7.92. The Bertz CT molecular complexity index is 881. The minimum atomic E-state index is -3.42. The SMILES string of the molecule is COCc1cccc(NC(=O)CCCN(c2cccc(C)c2)S(C)(=O)=O)c1. The number of aryl methyl sites for hydroxylation is 1. The van der Waals surface area contributed by atoms with Crippen LogP contribution in [-0.4, -0.2) is 34.2 Å². The highest BCUT2D eigenvalue weighted by Gasteiger charge is 2.17. The van der Waals surface area contributed by atoms with Crippen LogP contribution in [0.4, 0.5) is 11.4 Å². The Balaban J connectivity index is 1.94. The molecule has 1 N–H and O–H groups in total. The lowest BCUT2D eigenvalue weighted by molar-refractivity contribution is -0.116. The molecule has 2 aromatic rings. The van der Waals surface area contributed by atoms with Crippen molar-refractivity contribution in [1.29, 1.82) is 0 Å². The molecule has 7 heteroatoms. The molecule has 0 aliphatic heterocycles. The van der Waals surface area contributed by atoms with Crippen molar-refractivity contribution in [3.05, 3.63) is 59.7 Å². The summed E-state index contributed by atoms with van der Waals surface area (Å²) in [4.78, 5) is 12.2. The van der Waals surface area contributed by atoms with Crippen LogP contribution < -0.4 is 9.62 Å². The molecule has 0 unspecified atom stereocenters. The lowest BCUT2D eigenvalue weighted by Crippen LogP contribution is -2.31. The summed E-state index contributed by atoms with van der Waals surface area (Å²) in [5.41, 5.74) is 3.27. The van der Waals surface area contributed by atoms with Crippen LogP contribution in [0.15, 0.2) is 48.5 Å². The second kappa shape index (κ2) is 9.53. The number of ether oxygens (including phenoxy) is 1. The van der Waals surface area contributed by atoms with Crippen LogP contribution in [0, 0.1) is 6.92 Å². The van der Waals surface area contributed by atoms with Crippen molar-refractivity contribution in [3.8, 4) is 0 Å². The maximum atomic E-state index is 12.2.